The van der Waals surface area contributed by atoms with Crippen LogP contribution in [0.4, 0.5) is 5.69 Å². The van der Waals surface area contributed by atoms with Crippen molar-refractivity contribution in [2.24, 2.45) is 0 Å². The number of likely N-dealkylation sites (N-methyl/N-ethyl adjacent to an activating group) is 1. The molecule has 3 aromatic rings. The number of hydrogen-bond acceptors (Lipinski definition) is 5. The Hall–Kier alpha value is -2.94. The number of nitrogens with zero attached hydrogens (tertiary/aromatic N) is 2. The van der Waals surface area contributed by atoms with Gasteiger partial charge in [-0.1, -0.05) is 47.0 Å². The van der Waals surface area contributed by atoms with E-state index in [2.05, 4.69) is 0 Å². The molecule has 3 aromatic carbocycles. The number of amides is 1. The molecule has 10 heteroatoms. The summed E-state index contributed by atoms with van der Waals surface area (Å²) in [4.78, 5) is 14.7. The zero-order chi connectivity index (χ0) is 25.8. The van der Waals surface area contributed by atoms with Crippen LogP contribution in [0.3, 0.4) is 0 Å². The van der Waals surface area contributed by atoms with E-state index < -0.39 is 22.5 Å². The second kappa shape index (κ2) is 11.2. The van der Waals surface area contributed by atoms with Gasteiger partial charge in [0.25, 0.3) is 10.0 Å². The molecule has 0 unspecified atom stereocenters. The lowest BCUT2D eigenvalue weighted by molar-refractivity contribution is -0.128. The van der Waals surface area contributed by atoms with Gasteiger partial charge in [0.2, 0.25) is 5.91 Å². The van der Waals surface area contributed by atoms with Gasteiger partial charge in [0, 0.05) is 23.6 Å². The van der Waals surface area contributed by atoms with Crippen LogP contribution in [0.15, 0.2) is 65.6 Å². The fraction of sp³-hybridized carbons (Fsp3) is 0.240. The first-order chi connectivity index (χ1) is 16.5. The Morgan fingerprint density at radius 2 is 1.49 bits per heavy atom. The van der Waals surface area contributed by atoms with Crippen LogP contribution in [-0.2, 0) is 21.4 Å². The Bertz CT molecular complexity index is 1290. The molecular weight excluding hydrogens is 511 g/mol. The van der Waals surface area contributed by atoms with E-state index in [0.717, 1.165) is 15.4 Å². The van der Waals surface area contributed by atoms with E-state index in [1.807, 2.05) is 13.0 Å². The van der Waals surface area contributed by atoms with Gasteiger partial charge in [0.15, 0.2) is 11.5 Å². The third kappa shape index (κ3) is 6.39. The number of carbonyl (C=O) groups is 1. The maximum absolute atomic E-state index is 13.6. The van der Waals surface area contributed by atoms with Crippen LogP contribution in [0, 0.1) is 6.92 Å². The Balaban J connectivity index is 1.92. The Kier molecular flexibility index (Phi) is 8.53. The highest BCUT2D eigenvalue weighted by Gasteiger charge is 2.29. The summed E-state index contributed by atoms with van der Waals surface area (Å²) < 4.78 is 38.7. The first kappa shape index (κ1) is 26.7. The van der Waals surface area contributed by atoms with Crippen LogP contribution < -0.4 is 13.8 Å². The molecule has 0 aliphatic carbocycles. The smallest absolute Gasteiger partial charge is 0.264 e. The Morgan fingerprint density at radius 1 is 0.886 bits per heavy atom. The minimum atomic E-state index is -4.09. The van der Waals surface area contributed by atoms with Crippen LogP contribution in [0.25, 0.3) is 0 Å². The molecular formula is C25H26Cl2N2O5S. The average Bonchev–Trinajstić information content (AvgIpc) is 2.81. The standard InChI is InChI=1S/C25H26Cl2N2O5S/c1-17-5-8-22(9-6-17)35(31,32)29(21-13-19(26)12-20(27)14-21)16-25(30)28(2)15-18-7-10-23(33-3)24(11-18)34-4/h5-14H,15-16H2,1-4H3. The van der Waals surface area contributed by atoms with Crippen molar-refractivity contribution >= 4 is 44.8 Å². The zero-order valence-electron chi connectivity index (χ0n) is 19.8. The molecule has 0 saturated heterocycles. The van der Waals surface area contributed by atoms with Crippen LogP contribution in [0.1, 0.15) is 11.1 Å². The summed E-state index contributed by atoms with van der Waals surface area (Å²) in [6, 6.07) is 16.1. The highest BCUT2D eigenvalue weighted by molar-refractivity contribution is 7.92. The molecule has 0 fully saturated rings. The summed E-state index contributed by atoms with van der Waals surface area (Å²) >= 11 is 12.3. The second-order valence-electron chi connectivity index (χ2n) is 7.89. The monoisotopic (exact) mass is 536 g/mol. The molecule has 0 atom stereocenters. The topological polar surface area (TPSA) is 76.2 Å². The van der Waals surface area contributed by atoms with Crippen molar-refractivity contribution in [2.45, 2.75) is 18.4 Å². The number of methoxy groups -OCH3 is 2. The highest BCUT2D eigenvalue weighted by atomic mass is 35.5. The molecule has 0 spiro atoms. The van der Waals surface area contributed by atoms with Crippen molar-refractivity contribution in [1.82, 2.24) is 4.90 Å². The number of rotatable bonds is 9. The maximum Gasteiger partial charge on any atom is 0.264 e. The number of anilines is 1. The fourth-order valence-corrected chi connectivity index (χ4v) is 5.33. The molecule has 1 amide bonds. The zero-order valence-corrected chi connectivity index (χ0v) is 22.1. The number of ether oxygens (including phenoxy) is 2. The van der Waals surface area contributed by atoms with Crippen LogP contribution in [0.2, 0.25) is 10.0 Å². The highest BCUT2D eigenvalue weighted by Crippen LogP contribution is 2.31. The van der Waals surface area contributed by atoms with E-state index in [0.29, 0.717) is 11.5 Å². The summed E-state index contributed by atoms with van der Waals surface area (Å²) in [7, 11) is 0.573. The van der Waals surface area contributed by atoms with Gasteiger partial charge in [-0.3, -0.25) is 9.10 Å². The van der Waals surface area contributed by atoms with Gasteiger partial charge in [-0.25, -0.2) is 8.42 Å². The van der Waals surface area contributed by atoms with E-state index in [1.165, 1.54) is 42.3 Å². The van der Waals surface area contributed by atoms with Crippen LogP contribution in [-0.4, -0.2) is 47.0 Å². The van der Waals surface area contributed by atoms with Crippen LogP contribution in [0.5, 0.6) is 11.5 Å². The second-order valence-corrected chi connectivity index (χ2v) is 10.6. The molecule has 0 aromatic heterocycles. The summed E-state index contributed by atoms with van der Waals surface area (Å²) in [5.41, 5.74) is 1.89. The predicted molar refractivity (Wildman–Crippen MR) is 138 cm³/mol. The lowest BCUT2D eigenvalue weighted by Gasteiger charge is -2.27. The van der Waals surface area contributed by atoms with Crippen molar-refractivity contribution in [2.75, 3.05) is 32.1 Å². The molecule has 0 N–H and O–H groups in total. The third-order valence-corrected chi connectivity index (χ3v) is 7.54. The molecule has 0 radical (unpaired) electrons. The number of halogens is 2. The van der Waals surface area contributed by atoms with Gasteiger partial charge >= 0.3 is 0 Å². The molecule has 0 aliphatic rings. The Morgan fingerprint density at radius 3 is 2.06 bits per heavy atom. The van der Waals surface area contributed by atoms with Gasteiger partial charge in [-0.2, -0.15) is 0 Å². The van der Waals surface area contributed by atoms with Crippen molar-refractivity contribution < 1.29 is 22.7 Å². The largest absolute Gasteiger partial charge is 0.493 e. The van der Waals surface area contributed by atoms with E-state index >= 15 is 0 Å². The number of carbonyl (C=O) groups excluding carboxylic acids is 1. The van der Waals surface area contributed by atoms with Crippen LogP contribution >= 0.6 is 23.2 Å². The summed E-state index contributed by atoms with van der Waals surface area (Å²) in [5, 5.41) is 0.505. The lowest BCUT2D eigenvalue weighted by atomic mass is 10.2. The number of sulfonamides is 1. The van der Waals surface area contributed by atoms with Gasteiger partial charge in [0.1, 0.15) is 6.54 Å². The minimum Gasteiger partial charge on any atom is -0.493 e. The molecule has 186 valence electrons. The van der Waals surface area contributed by atoms with Crippen molar-refractivity contribution in [3.05, 3.63) is 81.8 Å². The summed E-state index contributed by atoms with van der Waals surface area (Å²) in [5.74, 6) is 0.674. The summed E-state index contributed by atoms with van der Waals surface area (Å²) in [6.07, 6.45) is 0. The first-order valence-corrected chi connectivity index (χ1v) is 12.7. The maximum atomic E-state index is 13.6. The minimum absolute atomic E-state index is 0.0505. The molecule has 0 saturated carbocycles. The quantitative estimate of drug-likeness (QED) is 0.377. The molecule has 0 bridgehead atoms. The van der Waals surface area contributed by atoms with Crippen molar-refractivity contribution in [3.8, 4) is 11.5 Å². The number of aryl methyl sites for hydroxylation is 1. The van der Waals surface area contributed by atoms with Gasteiger partial charge in [-0.05, 0) is 55.0 Å². The normalized spacial score (nSPS) is 11.1. The van der Waals surface area contributed by atoms with E-state index in [1.54, 1.807) is 38.4 Å². The summed E-state index contributed by atoms with van der Waals surface area (Å²) in [6.45, 7) is 1.64. The number of benzene rings is 3. The Labute approximate surface area is 215 Å². The lowest BCUT2D eigenvalue weighted by Crippen LogP contribution is -2.41. The van der Waals surface area contributed by atoms with E-state index in [4.69, 9.17) is 32.7 Å². The van der Waals surface area contributed by atoms with Gasteiger partial charge < -0.3 is 14.4 Å². The average molecular weight is 537 g/mol. The third-order valence-electron chi connectivity index (χ3n) is 5.32. The van der Waals surface area contributed by atoms with Crippen molar-refractivity contribution in [1.29, 1.82) is 0 Å². The van der Waals surface area contributed by atoms with Gasteiger partial charge in [0.05, 0.1) is 24.8 Å². The van der Waals surface area contributed by atoms with Crippen molar-refractivity contribution in [3.63, 3.8) is 0 Å². The number of hydrogen-bond donors (Lipinski definition) is 0. The molecule has 0 aliphatic heterocycles. The molecule has 35 heavy (non-hydrogen) atoms. The van der Waals surface area contributed by atoms with E-state index in [-0.39, 0.29) is 27.2 Å². The predicted octanol–water partition coefficient (Wildman–Crippen LogP) is 5.17. The molecule has 3 rings (SSSR count). The first-order valence-electron chi connectivity index (χ1n) is 10.6. The SMILES string of the molecule is COc1ccc(CN(C)C(=O)CN(c2cc(Cl)cc(Cl)c2)S(=O)(=O)c2ccc(C)cc2)cc1OC. The molecule has 7 nitrogen and oxygen atoms in total. The molecule has 0 heterocycles. The fourth-order valence-electron chi connectivity index (χ4n) is 3.42. The van der Waals surface area contributed by atoms with E-state index in [9.17, 15) is 13.2 Å². The van der Waals surface area contributed by atoms with Gasteiger partial charge in [-0.15, -0.1) is 0 Å².